The van der Waals surface area contributed by atoms with Crippen LogP contribution in [0.2, 0.25) is 0 Å². The third-order valence-electron chi connectivity index (χ3n) is 1.01. The van der Waals surface area contributed by atoms with Crippen molar-refractivity contribution in [3.8, 4) is 0 Å². The Morgan fingerprint density at radius 2 is 1.25 bits per heavy atom. The summed E-state index contributed by atoms with van der Waals surface area (Å²) in [6, 6.07) is 0. The fourth-order valence-electron chi connectivity index (χ4n) is 0.477. The molecule has 12 heavy (non-hydrogen) atoms. The summed E-state index contributed by atoms with van der Waals surface area (Å²) in [4.78, 5) is 32.7. The van der Waals surface area contributed by atoms with E-state index < -0.39 is 17.1 Å². The van der Waals surface area contributed by atoms with Crippen molar-refractivity contribution in [2.24, 2.45) is 0 Å². The average molecular weight is 321 g/mol. The minimum atomic E-state index is -0.956. The number of rotatable bonds is 0. The van der Waals surface area contributed by atoms with Gasteiger partial charge in [0.1, 0.15) is 0 Å². The lowest BCUT2D eigenvalue weighted by Crippen LogP contribution is -2.46. The van der Waals surface area contributed by atoms with Gasteiger partial charge < -0.3 is 0 Å². The molecule has 0 N–H and O–H groups in total. The Hall–Kier alpha value is -0.340. The van der Waals surface area contributed by atoms with Crippen molar-refractivity contribution < 1.29 is 0 Å². The van der Waals surface area contributed by atoms with E-state index in [2.05, 4.69) is 32.3 Å². The molecule has 1 aromatic rings. The van der Waals surface area contributed by atoms with Gasteiger partial charge in [0.15, 0.2) is 0 Å². The van der Waals surface area contributed by atoms with Gasteiger partial charge in [0.05, 0.1) is 32.3 Å². The lowest BCUT2D eigenvalue weighted by molar-refractivity contribution is 0.799. The molecule has 0 aliphatic heterocycles. The first-order chi connectivity index (χ1) is 5.46. The minimum absolute atomic E-state index is 0.255. The second kappa shape index (κ2) is 3.19. The molecule has 1 rings (SSSR count). The number of nitrogens with zero attached hydrogens (tertiary/aromatic N) is 3. The van der Waals surface area contributed by atoms with Crippen molar-refractivity contribution in [1.82, 2.24) is 11.3 Å². The molecule has 0 radical (unpaired) electrons. The molecule has 6 nitrogen and oxygen atoms in total. The molecule has 1 aromatic heterocycles. The monoisotopic (exact) mass is 319 g/mol. The summed E-state index contributed by atoms with van der Waals surface area (Å²) in [7, 11) is 0. The first-order valence-electron chi connectivity index (χ1n) is 2.46. The fraction of sp³-hybridized carbons (Fsp3) is 0. The summed E-state index contributed by atoms with van der Waals surface area (Å²) in [5, 5.41) is 0. The van der Waals surface area contributed by atoms with Gasteiger partial charge in [0, 0.05) is 11.8 Å². The number of aromatic nitrogens is 3. The van der Waals surface area contributed by atoms with E-state index in [4.69, 9.17) is 11.8 Å². The second-order valence-electron chi connectivity index (χ2n) is 1.69. The Balaban J connectivity index is 4.00. The van der Waals surface area contributed by atoms with Crippen LogP contribution in [0, 0.1) is 0 Å². The maximum absolute atomic E-state index is 10.9. The Kier molecular flexibility index (Phi) is 2.59. The smallest absolute Gasteiger partial charge is 0.245 e. The summed E-state index contributed by atoms with van der Waals surface area (Å²) < 4.78 is 1.27. The third-order valence-corrected chi connectivity index (χ3v) is 2.51. The summed E-state index contributed by atoms with van der Waals surface area (Å²) in [5.74, 6) is 0. The van der Waals surface area contributed by atoms with E-state index in [-0.39, 0.29) is 4.09 Å². The molecule has 9 heteroatoms. The maximum atomic E-state index is 10.9. The van der Waals surface area contributed by atoms with Gasteiger partial charge in [-0.05, 0) is 0 Å². The molecule has 0 saturated carbocycles. The molecule has 0 aliphatic carbocycles. The van der Waals surface area contributed by atoms with Crippen molar-refractivity contribution in [1.29, 1.82) is 0 Å². The van der Waals surface area contributed by atoms with E-state index >= 15 is 0 Å². The molecule has 0 aromatic carbocycles. The van der Waals surface area contributed by atoms with Crippen molar-refractivity contribution in [3.05, 3.63) is 31.5 Å². The van der Waals surface area contributed by atoms with Gasteiger partial charge in [-0.2, -0.15) is 7.19 Å². The highest BCUT2D eigenvalue weighted by Crippen LogP contribution is 1.82. The molecule has 0 unspecified atom stereocenters. The van der Waals surface area contributed by atoms with Crippen LogP contribution in [0.1, 0.15) is 0 Å². The van der Waals surface area contributed by atoms with Gasteiger partial charge >= 0.3 is 17.1 Å². The van der Waals surface area contributed by atoms with Crippen LogP contribution in [0.5, 0.6) is 0 Å². The number of hydrogen-bond donors (Lipinski definition) is 0. The molecule has 0 bridgehead atoms. The first kappa shape index (κ1) is 9.75. The number of hydrogen-bond acceptors (Lipinski definition) is 3. The minimum Gasteiger partial charge on any atom is -0.245 e. The van der Waals surface area contributed by atoms with E-state index in [1.54, 1.807) is 0 Å². The zero-order valence-electron chi connectivity index (χ0n) is 5.20. The molecule has 1 heterocycles. The Morgan fingerprint density at radius 3 is 1.58 bits per heavy atom. The van der Waals surface area contributed by atoms with Crippen LogP contribution in [0.4, 0.5) is 0 Å². The highest BCUT2D eigenvalue weighted by molar-refractivity contribution is 9.08. The van der Waals surface area contributed by atoms with Gasteiger partial charge in [-0.25, -0.2) is 14.4 Å². The standard InChI is InChI=1S/C3Br2ClN3O3/c4-7-1(10)8(5)3(12)9(6)2(7)11. The van der Waals surface area contributed by atoms with Crippen molar-refractivity contribution in [2.75, 3.05) is 0 Å². The van der Waals surface area contributed by atoms with E-state index in [0.29, 0.717) is 7.19 Å². The van der Waals surface area contributed by atoms with Crippen molar-refractivity contribution in [3.63, 3.8) is 0 Å². The number of halogens is 3. The zero-order valence-corrected chi connectivity index (χ0v) is 9.13. The van der Waals surface area contributed by atoms with E-state index in [1.165, 1.54) is 0 Å². The molecule has 0 fully saturated rings. The highest BCUT2D eigenvalue weighted by atomic mass is 79.9. The van der Waals surface area contributed by atoms with Gasteiger partial charge in [-0.15, -0.1) is 4.09 Å². The average Bonchev–Trinajstić information content (AvgIpc) is 2.08. The highest BCUT2D eigenvalue weighted by Gasteiger charge is 2.09. The SMILES string of the molecule is O=c1n(Cl)c(=O)n(Br)c(=O)n1Br. The van der Waals surface area contributed by atoms with Crippen LogP contribution in [0.3, 0.4) is 0 Å². The molecule has 0 atom stereocenters. The van der Waals surface area contributed by atoms with Gasteiger partial charge in [0.25, 0.3) is 0 Å². The van der Waals surface area contributed by atoms with Crippen LogP contribution in [-0.2, 0) is 0 Å². The lowest BCUT2D eigenvalue weighted by atomic mass is 11.0. The topological polar surface area (TPSA) is 66.0 Å². The summed E-state index contributed by atoms with van der Waals surface area (Å²) in [6.45, 7) is 0. The summed E-state index contributed by atoms with van der Waals surface area (Å²) in [5.41, 5.74) is -2.77. The van der Waals surface area contributed by atoms with E-state index in [9.17, 15) is 14.4 Å². The van der Waals surface area contributed by atoms with Crippen LogP contribution in [0.25, 0.3) is 0 Å². The third kappa shape index (κ3) is 1.29. The second-order valence-corrected chi connectivity index (χ2v) is 3.45. The summed E-state index contributed by atoms with van der Waals surface area (Å²) in [6.07, 6.45) is 0. The molecule has 66 valence electrons. The molecular formula is C3Br2ClN3O3. The Bertz CT molecular complexity index is 383. The molecule has 0 spiro atoms. The fourth-order valence-corrected chi connectivity index (χ4v) is 1.66. The van der Waals surface area contributed by atoms with Gasteiger partial charge in [-0.1, -0.05) is 0 Å². The first-order valence-corrected chi connectivity index (χ1v) is 4.22. The molecular weight excluding hydrogens is 321 g/mol. The lowest BCUT2D eigenvalue weighted by Gasteiger charge is -1.97. The zero-order chi connectivity index (χ0) is 9.46. The Morgan fingerprint density at radius 1 is 0.917 bits per heavy atom. The molecule has 0 aliphatic rings. The van der Waals surface area contributed by atoms with E-state index in [1.807, 2.05) is 0 Å². The summed E-state index contributed by atoms with van der Waals surface area (Å²) >= 11 is 10.4. The maximum Gasteiger partial charge on any atom is 0.361 e. The quantitative estimate of drug-likeness (QED) is 0.646. The normalized spacial score (nSPS) is 10.2. The van der Waals surface area contributed by atoms with Gasteiger partial charge in [0.2, 0.25) is 0 Å². The van der Waals surface area contributed by atoms with Crippen molar-refractivity contribution in [2.45, 2.75) is 0 Å². The van der Waals surface area contributed by atoms with Crippen molar-refractivity contribution >= 4 is 44.1 Å². The Labute approximate surface area is 86.8 Å². The van der Waals surface area contributed by atoms with E-state index in [0.717, 1.165) is 0 Å². The van der Waals surface area contributed by atoms with Crippen LogP contribution in [0.15, 0.2) is 14.4 Å². The van der Waals surface area contributed by atoms with Gasteiger partial charge in [-0.3, -0.25) is 0 Å². The molecule has 0 saturated heterocycles. The van der Waals surface area contributed by atoms with Crippen LogP contribution in [-0.4, -0.2) is 11.3 Å². The predicted molar refractivity (Wildman–Crippen MR) is 49.1 cm³/mol. The largest absolute Gasteiger partial charge is 0.361 e. The molecule has 0 amide bonds. The predicted octanol–water partition coefficient (Wildman–Crippen LogP) is -0.510. The van der Waals surface area contributed by atoms with Crippen LogP contribution < -0.4 is 17.1 Å². The van der Waals surface area contributed by atoms with Crippen LogP contribution >= 0.6 is 44.1 Å².